The summed E-state index contributed by atoms with van der Waals surface area (Å²) in [6.45, 7) is 7.05. The number of urea groups is 1. The molecule has 4 rings (SSSR count). The molecule has 0 spiro atoms. The average molecular weight is 524 g/mol. The minimum Gasteiger partial charge on any atom is -0.353 e. The van der Waals surface area contributed by atoms with Crippen LogP contribution in [0.4, 0.5) is 31.0 Å². The molecule has 0 bridgehead atoms. The molecule has 1 aliphatic heterocycles. The Morgan fingerprint density at radius 1 is 1.13 bits per heavy atom. The van der Waals surface area contributed by atoms with E-state index in [4.69, 9.17) is 4.98 Å². The fraction of sp³-hybridized carbons (Fsp3) is 0.333. The van der Waals surface area contributed by atoms with Crippen molar-refractivity contribution in [3.05, 3.63) is 64.7 Å². The van der Waals surface area contributed by atoms with Crippen LogP contribution >= 0.6 is 0 Å². The molecular formula is C27H31F2N7O2. The molecule has 3 N–H and O–H groups in total. The molecule has 0 fully saturated rings. The van der Waals surface area contributed by atoms with E-state index in [1.165, 1.54) is 11.0 Å². The highest BCUT2D eigenvalue weighted by Gasteiger charge is 2.34. The minimum atomic E-state index is -0.904. The van der Waals surface area contributed by atoms with Crippen molar-refractivity contribution >= 4 is 29.4 Å². The number of nitrogens with one attached hydrogen (secondary N) is 3. The Morgan fingerprint density at radius 2 is 1.84 bits per heavy atom. The van der Waals surface area contributed by atoms with Gasteiger partial charge in [0.1, 0.15) is 17.3 Å². The molecule has 200 valence electrons. The lowest BCUT2D eigenvalue weighted by atomic mass is 9.97. The fourth-order valence-corrected chi connectivity index (χ4v) is 4.17. The quantitative estimate of drug-likeness (QED) is 0.383. The second-order valence-electron chi connectivity index (χ2n) is 9.53. The van der Waals surface area contributed by atoms with Gasteiger partial charge in [-0.15, -0.1) is 0 Å². The maximum atomic E-state index is 14.9. The van der Waals surface area contributed by atoms with Crippen molar-refractivity contribution in [2.75, 3.05) is 37.4 Å². The second-order valence-corrected chi connectivity index (χ2v) is 9.53. The molecule has 3 aromatic rings. The average Bonchev–Trinajstić information content (AvgIpc) is 2.87. The van der Waals surface area contributed by atoms with E-state index < -0.39 is 23.4 Å². The first kappa shape index (κ1) is 26.9. The molecule has 38 heavy (non-hydrogen) atoms. The van der Waals surface area contributed by atoms with Gasteiger partial charge >= 0.3 is 6.03 Å². The Bertz CT molecular complexity index is 1360. The number of aromatic nitrogens is 2. The number of para-hydroxylation sites is 1. The van der Waals surface area contributed by atoms with Crippen LogP contribution in [0.3, 0.4) is 0 Å². The number of hydrogen-bond donors (Lipinski definition) is 3. The van der Waals surface area contributed by atoms with E-state index in [1.807, 2.05) is 26.8 Å². The van der Waals surface area contributed by atoms with Crippen molar-refractivity contribution in [2.24, 2.45) is 0 Å². The molecule has 2 heterocycles. The van der Waals surface area contributed by atoms with Crippen LogP contribution in [0.2, 0.25) is 0 Å². The summed E-state index contributed by atoms with van der Waals surface area (Å²) in [6, 6.07) is 8.23. The molecule has 1 aromatic heterocycles. The van der Waals surface area contributed by atoms with Gasteiger partial charge in [-0.1, -0.05) is 26.0 Å². The number of hydrogen-bond acceptors (Lipinski definition) is 6. The third-order valence-corrected chi connectivity index (χ3v) is 6.08. The number of rotatable bonds is 8. The van der Waals surface area contributed by atoms with Crippen molar-refractivity contribution in [2.45, 2.75) is 33.4 Å². The van der Waals surface area contributed by atoms with Crippen LogP contribution in [0, 0.1) is 18.6 Å². The summed E-state index contributed by atoms with van der Waals surface area (Å²) in [5.41, 5.74) is 2.31. The van der Waals surface area contributed by atoms with E-state index in [9.17, 15) is 18.4 Å². The van der Waals surface area contributed by atoms with Crippen LogP contribution in [-0.4, -0.2) is 60.0 Å². The summed E-state index contributed by atoms with van der Waals surface area (Å²) in [6.07, 6.45) is 0. The molecule has 11 heteroatoms. The molecule has 0 aliphatic carbocycles. The Hall–Kier alpha value is -4.12. The molecular weight excluding hydrogens is 492 g/mol. The number of nitrogens with zero attached hydrogens (tertiary/aromatic N) is 4. The molecule has 0 unspecified atom stereocenters. The first-order chi connectivity index (χ1) is 18.1. The van der Waals surface area contributed by atoms with Crippen LogP contribution in [0.15, 0.2) is 36.4 Å². The van der Waals surface area contributed by atoms with Gasteiger partial charge < -0.3 is 20.9 Å². The number of aryl methyl sites for hydroxylation is 1. The standard InChI is InChI=1S/C27H31F2N7O2/c1-15(2)30-11-12-31-26-33-22(18-13-17(10-9-16(18)3)25(37)35(4)5)19-14-32-27(38)36(24(19)34-26)23-20(28)7-6-8-21(23)29/h6-10,13,15,30H,11-12,14H2,1-5H3,(H,32,38)(H,31,33,34). The van der Waals surface area contributed by atoms with Crippen LogP contribution in [0.5, 0.6) is 0 Å². The van der Waals surface area contributed by atoms with Crippen molar-refractivity contribution in [1.82, 2.24) is 25.5 Å². The predicted molar refractivity (Wildman–Crippen MR) is 143 cm³/mol. The summed E-state index contributed by atoms with van der Waals surface area (Å²) in [5.74, 6) is -1.75. The number of amides is 3. The fourth-order valence-electron chi connectivity index (χ4n) is 4.17. The number of carbonyl (C=O) groups is 2. The highest BCUT2D eigenvalue weighted by Crippen LogP contribution is 2.39. The first-order valence-electron chi connectivity index (χ1n) is 12.3. The van der Waals surface area contributed by atoms with Gasteiger partial charge in [0.05, 0.1) is 12.2 Å². The molecule has 1 aliphatic rings. The SMILES string of the molecule is Cc1ccc(C(=O)N(C)C)cc1-c1nc(NCCNC(C)C)nc2c1CNC(=O)N2c1c(F)cccc1F. The van der Waals surface area contributed by atoms with Gasteiger partial charge in [-0.25, -0.2) is 23.5 Å². The number of halogens is 2. The molecule has 2 aromatic carbocycles. The Morgan fingerprint density at radius 3 is 2.50 bits per heavy atom. The topological polar surface area (TPSA) is 102 Å². The van der Waals surface area contributed by atoms with Gasteiger partial charge in [-0.05, 0) is 36.8 Å². The summed E-state index contributed by atoms with van der Waals surface area (Å²) in [5, 5.41) is 9.11. The first-order valence-corrected chi connectivity index (χ1v) is 12.3. The maximum Gasteiger partial charge on any atom is 0.328 e. The molecule has 0 radical (unpaired) electrons. The summed E-state index contributed by atoms with van der Waals surface area (Å²) < 4.78 is 29.7. The number of anilines is 3. The van der Waals surface area contributed by atoms with Crippen LogP contribution in [0.25, 0.3) is 11.3 Å². The number of fused-ring (bicyclic) bond motifs is 1. The Balaban J connectivity index is 1.91. The van der Waals surface area contributed by atoms with Crippen molar-refractivity contribution < 1.29 is 18.4 Å². The molecule has 0 atom stereocenters. The van der Waals surface area contributed by atoms with Crippen LogP contribution in [0.1, 0.15) is 35.3 Å². The zero-order chi connectivity index (χ0) is 27.6. The van der Waals surface area contributed by atoms with E-state index in [2.05, 4.69) is 20.9 Å². The van der Waals surface area contributed by atoms with E-state index >= 15 is 0 Å². The molecule has 0 saturated heterocycles. The van der Waals surface area contributed by atoms with E-state index in [1.54, 1.807) is 26.2 Å². The van der Waals surface area contributed by atoms with Crippen LogP contribution in [-0.2, 0) is 6.54 Å². The smallest absolute Gasteiger partial charge is 0.328 e. The monoisotopic (exact) mass is 523 g/mol. The van der Waals surface area contributed by atoms with Crippen molar-refractivity contribution in [3.8, 4) is 11.3 Å². The van der Waals surface area contributed by atoms with E-state index in [0.717, 1.165) is 22.6 Å². The zero-order valence-electron chi connectivity index (χ0n) is 22.0. The van der Waals surface area contributed by atoms with Crippen molar-refractivity contribution in [3.63, 3.8) is 0 Å². The Kier molecular flexibility index (Phi) is 7.86. The molecule has 0 saturated carbocycles. The number of carbonyl (C=O) groups excluding carboxylic acids is 2. The van der Waals surface area contributed by atoms with Gasteiger partial charge in [-0.3, -0.25) is 4.79 Å². The summed E-state index contributed by atoms with van der Waals surface area (Å²) in [7, 11) is 3.33. The van der Waals surface area contributed by atoms with Gasteiger partial charge in [0.25, 0.3) is 5.91 Å². The van der Waals surface area contributed by atoms with Crippen LogP contribution < -0.4 is 20.9 Å². The second kappa shape index (κ2) is 11.1. The maximum absolute atomic E-state index is 14.9. The minimum absolute atomic E-state index is 0.0382. The summed E-state index contributed by atoms with van der Waals surface area (Å²) >= 11 is 0. The lowest BCUT2D eigenvalue weighted by molar-refractivity contribution is 0.0827. The lowest BCUT2D eigenvalue weighted by Crippen LogP contribution is -2.43. The third kappa shape index (κ3) is 5.42. The van der Waals surface area contributed by atoms with Gasteiger partial charge in [-0.2, -0.15) is 4.98 Å². The highest BCUT2D eigenvalue weighted by atomic mass is 19.1. The highest BCUT2D eigenvalue weighted by molar-refractivity contribution is 6.02. The zero-order valence-corrected chi connectivity index (χ0v) is 22.0. The largest absolute Gasteiger partial charge is 0.353 e. The van der Waals surface area contributed by atoms with E-state index in [0.29, 0.717) is 35.5 Å². The van der Waals surface area contributed by atoms with Gasteiger partial charge in [0.15, 0.2) is 5.82 Å². The third-order valence-electron chi connectivity index (χ3n) is 6.08. The van der Waals surface area contributed by atoms with Gasteiger partial charge in [0.2, 0.25) is 5.95 Å². The van der Waals surface area contributed by atoms with E-state index in [-0.39, 0.29) is 30.3 Å². The predicted octanol–water partition coefficient (Wildman–Crippen LogP) is 4.20. The summed E-state index contributed by atoms with van der Waals surface area (Å²) in [4.78, 5) is 37.3. The normalized spacial score (nSPS) is 12.8. The molecule has 3 amide bonds. The van der Waals surface area contributed by atoms with Gasteiger partial charge in [0, 0.05) is 49.9 Å². The Labute approximate surface area is 220 Å². The molecule has 9 nitrogen and oxygen atoms in total. The lowest BCUT2D eigenvalue weighted by Gasteiger charge is -2.31. The van der Waals surface area contributed by atoms with Crippen molar-refractivity contribution in [1.29, 1.82) is 0 Å². The number of benzene rings is 2.